The monoisotopic (exact) mass is 493 g/mol. The molecule has 0 amide bonds. The molecule has 2 N–H and O–H groups in total. The zero-order chi connectivity index (χ0) is 19.0. The quantitative estimate of drug-likeness (QED) is 0.490. The minimum atomic E-state index is -0.119. The summed E-state index contributed by atoms with van der Waals surface area (Å²) < 4.78 is 12.4. The molecule has 2 aromatic carbocycles. The van der Waals surface area contributed by atoms with Gasteiger partial charge in [-0.2, -0.15) is 0 Å². The van der Waals surface area contributed by atoms with Gasteiger partial charge in [-0.15, -0.1) is 0 Å². The van der Waals surface area contributed by atoms with Crippen LogP contribution >= 0.6 is 31.9 Å². The number of ketones is 1. The summed E-state index contributed by atoms with van der Waals surface area (Å²) in [5.41, 5.74) is 1.79. The van der Waals surface area contributed by atoms with Crippen LogP contribution in [-0.4, -0.2) is 35.2 Å². The topological polar surface area (TPSA) is 71.6 Å². The number of phenolic OH excluding ortho intramolecular Hbond substituents is 1. The van der Waals surface area contributed by atoms with E-state index in [9.17, 15) is 9.90 Å². The summed E-state index contributed by atoms with van der Waals surface area (Å²) in [4.78, 5) is 15.9. The van der Waals surface area contributed by atoms with Gasteiger partial charge in [0.1, 0.15) is 17.6 Å². The van der Waals surface area contributed by atoms with Crippen LogP contribution in [0.5, 0.6) is 11.5 Å². The lowest BCUT2D eigenvalue weighted by molar-refractivity contribution is 0.0256. The fourth-order valence-electron chi connectivity index (χ4n) is 3.14. The van der Waals surface area contributed by atoms with Crippen LogP contribution in [0.2, 0.25) is 0 Å². The molecule has 7 heteroatoms. The van der Waals surface area contributed by atoms with Crippen molar-refractivity contribution in [1.29, 1.82) is 0 Å². The van der Waals surface area contributed by atoms with Gasteiger partial charge in [0.2, 0.25) is 5.78 Å². The molecule has 0 unspecified atom stereocenters. The smallest absolute Gasteiger partial charge is 0.209 e. The maximum absolute atomic E-state index is 12.8. The Bertz CT molecular complexity index is 991. The van der Waals surface area contributed by atoms with Crippen molar-refractivity contribution in [1.82, 2.24) is 4.98 Å². The molecule has 2 heterocycles. The molecule has 0 spiro atoms. The zero-order valence-electron chi connectivity index (χ0n) is 14.3. The van der Waals surface area contributed by atoms with E-state index in [4.69, 9.17) is 9.47 Å². The predicted molar refractivity (Wildman–Crippen MR) is 110 cm³/mol. The fraction of sp³-hybridized carbons (Fsp3) is 0.250. The van der Waals surface area contributed by atoms with Crippen molar-refractivity contribution in [2.24, 2.45) is 0 Å². The Kier molecular flexibility index (Phi) is 5.25. The Morgan fingerprint density at radius 2 is 1.85 bits per heavy atom. The van der Waals surface area contributed by atoms with Crippen LogP contribution in [0.25, 0.3) is 10.9 Å². The molecule has 140 valence electrons. The Balaban J connectivity index is 1.55. The summed E-state index contributed by atoms with van der Waals surface area (Å²) in [6.45, 7) is 1.45. The molecule has 1 saturated heterocycles. The van der Waals surface area contributed by atoms with E-state index in [2.05, 4.69) is 36.8 Å². The lowest BCUT2D eigenvalue weighted by Gasteiger charge is -2.23. The molecule has 1 fully saturated rings. The van der Waals surface area contributed by atoms with Crippen molar-refractivity contribution < 1.29 is 19.4 Å². The van der Waals surface area contributed by atoms with Crippen molar-refractivity contribution in [3.8, 4) is 11.5 Å². The summed E-state index contributed by atoms with van der Waals surface area (Å²) in [6, 6.07) is 10.7. The van der Waals surface area contributed by atoms with E-state index in [0.29, 0.717) is 20.2 Å². The molecule has 27 heavy (non-hydrogen) atoms. The first kappa shape index (κ1) is 18.5. The molecule has 0 radical (unpaired) electrons. The normalized spacial score (nSPS) is 15.2. The van der Waals surface area contributed by atoms with Gasteiger partial charge in [0.25, 0.3) is 0 Å². The Morgan fingerprint density at radius 1 is 1.15 bits per heavy atom. The minimum absolute atomic E-state index is 0.107. The highest BCUT2D eigenvalue weighted by Crippen LogP contribution is 2.39. The number of nitrogens with one attached hydrogen (secondary N) is 1. The molecule has 1 aliphatic heterocycles. The molecular weight excluding hydrogens is 478 g/mol. The van der Waals surface area contributed by atoms with Crippen molar-refractivity contribution in [3.05, 3.63) is 56.6 Å². The molecule has 1 aromatic heterocycles. The molecule has 0 aliphatic carbocycles. The molecule has 1 aliphatic rings. The minimum Gasteiger partial charge on any atom is -0.506 e. The Hall–Kier alpha value is -1.83. The first-order valence-electron chi connectivity index (χ1n) is 8.62. The number of benzene rings is 2. The van der Waals surface area contributed by atoms with Crippen LogP contribution < -0.4 is 4.74 Å². The number of ether oxygens (including phenoxy) is 2. The van der Waals surface area contributed by atoms with Gasteiger partial charge in [-0.3, -0.25) is 4.79 Å². The lowest BCUT2D eigenvalue weighted by atomic mass is 10.1. The number of aromatic nitrogens is 1. The number of halogens is 2. The van der Waals surface area contributed by atoms with Gasteiger partial charge in [-0.1, -0.05) is 0 Å². The van der Waals surface area contributed by atoms with Crippen molar-refractivity contribution in [2.75, 3.05) is 13.2 Å². The lowest BCUT2D eigenvalue weighted by Crippen LogP contribution is -2.25. The first-order chi connectivity index (χ1) is 13.0. The standard InChI is InChI=1S/C20H17Br2NO4/c21-15-10-16-14(18(22)20(15)25)9-17(23-16)19(24)11-1-3-12(4-2-11)27-13-5-7-26-8-6-13/h1-4,9-10,13,23,25H,5-8H2. The number of hydrogen-bond donors (Lipinski definition) is 2. The fourth-order valence-corrected chi connectivity index (χ4v) is 4.38. The maximum atomic E-state index is 12.8. The number of hydrogen-bond acceptors (Lipinski definition) is 4. The summed E-state index contributed by atoms with van der Waals surface area (Å²) in [7, 11) is 0. The number of aromatic hydroxyl groups is 1. The highest BCUT2D eigenvalue weighted by Gasteiger charge is 2.18. The molecule has 0 bridgehead atoms. The third-order valence-corrected chi connectivity index (χ3v) is 6.03. The second kappa shape index (κ2) is 7.66. The number of carbonyl (C=O) groups is 1. The second-order valence-electron chi connectivity index (χ2n) is 6.45. The SMILES string of the molecule is O=C(c1ccc(OC2CCOCC2)cc1)c1cc2c(Br)c(O)c(Br)cc2[nH]1. The van der Waals surface area contributed by atoms with Crippen LogP contribution in [0.4, 0.5) is 0 Å². The van der Waals surface area contributed by atoms with Gasteiger partial charge >= 0.3 is 0 Å². The van der Waals surface area contributed by atoms with Crippen molar-refractivity contribution in [2.45, 2.75) is 18.9 Å². The van der Waals surface area contributed by atoms with Gasteiger partial charge < -0.3 is 19.6 Å². The average molecular weight is 495 g/mol. The van der Waals surface area contributed by atoms with Crippen molar-refractivity contribution >= 4 is 48.5 Å². The Morgan fingerprint density at radius 3 is 2.56 bits per heavy atom. The molecular formula is C20H17Br2NO4. The molecule has 0 saturated carbocycles. The number of rotatable bonds is 4. The summed E-state index contributed by atoms with van der Waals surface area (Å²) in [6.07, 6.45) is 1.93. The van der Waals surface area contributed by atoms with Gasteiger partial charge in [0.05, 0.1) is 27.9 Å². The number of phenols is 1. The van der Waals surface area contributed by atoms with Gasteiger partial charge in [-0.05, 0) is 68.3 Å². The molecule has 3 aromatic rings. The van der Waals surface area contributed by atoms with E-state index >= 15 is 0 Å². The van der Waals surface area contributed by atoms with Crippen LogP contribution in [-0.2, 0) is 4.74 Å². The predicted octanol–water partition coefficient (Wildman–Crippen LogP) is 5.19. The van der Waals surface area contributed by atoms with Crippen molar-refractivity contribution in [3.63, 3.8) is 0 Å². The highest BCUT2D eigenvalue weighted by molar-refractivity contribution is 9.11. The van der Waals surface area contributed by atoms with E-state index in [1.807, 2.05) is 12.1 Å². The van der Waals surface area contributed by atoms with E-state index in [-0.39, 0.29) is 17.6 Å². The van der Waals surface area contributed by atoms with Gasteiger partial charge in [-0.25, -0.2) is 0 Å². The van der Waals surface area contributed by atoms with E-state index in [0.717, 1.165) is 42.7 Å². The number of aromatic amines is 1. The van der Waals surface area contributed by atoms with E-state index in [1.165, 1.54) is 0 Å². The largest absolute Gasteiger partial charge is 0.506 e. The summed E-state index contributed by atoms with van der Waals surface area (Å²) in [5.74, 6) is 0.744. The number of fused-ring (bicyclic) bond motifs is 1. The average Bonchev–Trinajstić information content (AvgIpc) is 3.11. The Labute approximate surface area is 172 Å². The van der Waals surface area contributed by atoms with Gasteiger partial charge in [0, 0.05) is 29.3 Å². The summed E-state index contributed by atoms with van der Waals surface area (Å²) >= 11 is 6.67. The van der Waals surface area contributed by atoms with Crippen LogP contribution in [0, 0.1) is 0 Å². The van der Waals surface area contributed by atoms with E-state index < -0.39 is 0 Å². The highest BCUT2D eigenvalue weighted by atomic mass is 79.9. The number of H-pyrrole nitrogens is 1. The molecule has 5 nitrogen and oxygen atoms in total. The van der Waals surface area contributed by atoms with Crippen LogP contribution in [0.1, 0.15) is 28.9 Å². The molecule has 0 atom stereocenters. The van der Waals surface area contributed by atoms with Crippen LogP contribution in [0.15, 0.2) is 45.3 Å². The molecule has 4 rings (SSSR count). The van der Waals surface area contributed by atoms with Crippen LogP contribution in [0.3, 0.4) is 0 Å². The third-order valence-electron chi connectivity index (χ3n) is 4.62. The zero-order valence-corrected chi connectivity index (χ0v) is 17.5. The summed E-state index contributed by atoms with van der Waals surface area (Å²) in [5, 5.41) is 10.8. The van der Waals surface area contributed by atoms with E-state index in [1.54, 1.807) is 24.3 Å². The second-order valence-corrected chi connectivity index (χ2v) is 8.10. The first-order valence-corrected chi connectivity index (χ1v) is 10.2. The van der Waals surface area contributed by atoms with Gasteiger partial charge in [0.15, 0.2) is 0 Å². The third kappa shape index (κ3) is 3.77. The number of carbonyl (C=O) groups excluding carboxylic acids is 1. The maximum Gasteiger partial charge on any atom is 0.209 e.